The lowest BCUT2D eigenvalue weighted by Gasteiger charge is -2.22. The first kappa shape index (κ1) is 20.3. The van der Waals surface area contributed by atoms with Crippen molar-refractivity contribution in [3.63, 3.8) is 0 Å². The second-order valence-electron chi connectivity index (χ2n) is 5.27. The third-order valence-corrected chi connectivity index (χ3v) is 5.04. The summed E-state index contributed by atoms with van der Waals surface area (Å²) in [5, 5.41) is 2.50. The van der Waals surface area contributed by atoms with E-state index in [2.05, 4.69) is 5.32 Å². The minimum atomic E-state index is -3.77. The van der Waals surface area contributed by atoms with E-state index in [9.17, 15) is 17.6 Å². The summed E-state index contributed by atoms with van der Waals surface area (Å²) in [4.78, 5) is 12.2. The fourth-order valence-corrected chi connectivity index (χ4v) is 3.40. The van der Waals surface area contributed by atoms with Crippen molar-refractivity contribution in [2.24, 2.45) is 0 Å². The number of hydrogen-bond donors (Lipinski definition) is 1. The lowest BCUT2D eigenvalue weighted by Crippen LogP contribution is -2.37. The Morgan fingerprint density at radius 2 is 1.88 bits per heavy atom. The summed E-state index contributed by atoms with van der Waals surface area (Å²) in [5.41, 5.74) is 0.438. The Hall–Kier alpha value is -2.03. The zero-order chi connectivity index (χ0) is 19.5. The molecule has 2 rings (SSSR count). The third-order valence-electron chi connectivity index (χ3n) is 3.31. The molecule has 1 amide bonds. The predicted octanol–water partition coefficient (Wildman–Crippen LogP) is 3.55. The topological polar surface area (TPSA) is 75.7 Å². The number of methoxy groups -OCH3 is 1. The number of carbonyl (C=O) groups is 1. The maximum atomic E-state index is 13.2. The molecule has 0 aliphatic heterocycles. The number of rotatable bonds is 6. The first-order valence-electron chi connectivity index (χ1n) is 7.18. The molecule has 0 aliphatic carbocycles. The van der Waals surface area contributed by atoms with Crippen LogP contribution in [0.2, 0.25) is 10.0 Å². The standard InChI is InChI=1S/C16H15Cl2FN2O4S/c1-25-15-6-4-11(8-13(15)18)21(26(2,23)24)9-16(22)20-10-3-5-14(19)12(17)7-10/h3-8H,9H2,1-2H3,(H,20,22). The zero-order valence-electron chi connectivity index (χ0n) is 13.8. The SMILES string of the molecule is COc1ccc(N(CC(=O)Nc2ccc(F)c(Cl)c2)S(C)(=O)=O)cc1Cl. The number of halogens is 3. The van der Waals surface area contributed by atoms with Crippen molar-refractivity contribution >= 4 is 50.5 Å². The minimum absolute atomic E-state index is 0.162. The van der Waals surface area contributed by atoms with E-state index < -0.39 is 28.3 Å². The molecule has 0 spiro atoms. The van der Waals surface area contributed by atoms with E-state index in [0.29, 0.717) is 5.75 Å². The second-order valence-corrected chi connectivity index (χ2v) is 7.99. The lowest BCUT2D eigenvalue weighted by atomic mass is 10.3. The molecular formula is C16H15Cl2FN2O4S. The molecule has 26 heavy (non-hydrogen) atoms. The Labute approximate surface area is 160 Å². The van der Waals surface area contributed by atoms with Crippen LogP contribution in [-0.4, -0.2) is 34.2 Å². The molecule has 0 aromatic heterocycles. The van der Waals surface area contributed by atoms with Crippen LogP contribution in [0.25, 0.3) is 0 Å². The Morgan fingerprint density at radius 1 is 1.19 bits per heavy atom. The molecule has 6 nitrogen and oxygen atoms in total. The summed E-state index contributed by atoms with van der Waals surface area (Å²) < 4.78 is 43.3. The summed E-state index contributed by atoms with van der Waals surface area (Å²) in [5.74, 6) is -0.894. The largest absolute Gasteiger partial charge is 0.495 e. The van der Waals surface area contributed by atoms with E-state index in [1.54, 1.807) is 0 Å². The first-order chi connectivity index (χ1) is 12.1. The van der Waals surface area contributed by atoms with Crippen LogP contribution < -0.4 is 14.4 Å². The summed E-state index contributed by atoms with van der Waals surface area (Å²) in [6, 6.07) is 7.97. The van der Waals surface area contributed by atoms with Gasteiger partial charge in [-0.25, -0.2) is 12.8 Å². The normalized spacial score (nSPS) is 11.1. The van der Waals surface area contributed by atoms with Gasteiger partial charge in [-0.2, -0.15) is 0 Å². The molecule has 10 heteroatoms. The van der Waals surface area contributed by atoms with Crippen molar-refractivity contribution in [2.75, 3.05) is 29.5 Å². The Bertz CT molecular complexity index is 938. The van der Waals surface area contributed by atoms with Crippen LogP contribution in [0.15, 0.2) is 36.4 Å². The van der Waals surface area contributed by atoms with E-state index in [1.807, 2.05) is 0 Å². The van der Waals surface area contributed by atoms with Gasteiger partial charge in [0.1, 0.15) is 18.1 Å². The fourth-order valence-electron chi connectivity index (χ4n) is 2.12. The predicted molar refractivity (Wildman–Crippen MR) is 100 cm³/mol. The van der Waals surface area contributed by atoms with Crippen LogP contribution in [0.1, 0.15) is 0 Å². The van der Waals surface area contributed by atoms with Crippen molar-refractivity contribution < 1.29 is 22.3 Å². The molecule has 0 saturated carbocycles. The number of ether oxygens (including phenoxy) is 1. The summed E-state index contributed by atoms with van der Waals surface area (Å²) in [7, 11) is -2.34. The minimum Gasteiger partial charge on any atom is -0.495 e. The van der Waals surface area contributed by atoms with Crippen molar-refractivity contribution in [2.45, 2.75) is 0 Å². The first-order valence-corrected chi connectivity index (χ1v) is 9.78. The van der Waals surface area contributed by atoms with Gasteiger partial charge in [0.2, 0.25) is 15.9 Å². The number of amides is 1. The van der Waals surface area contributed by atoms with E-state index in [-0.39, 0.29) is 21.4 Å². The van der Waals surface area contributed by atoms with Crippen molar-refractivity contribution in [1.29, 1.82) is 0 Å². The van der Waals surface area contributed by atoms with E-state index in [4.69, 9.17) is 27.9 Å². The van der Waals surface area contributed by atoms with Crippen LogP contribution in [0.5, 0.6) is 5.75 Å². The molecule has 2 aromatic carbocycles. The van der Waals surface area contributed by atoms with Crippen molar-refractivity contribution in [1.82, 2.24) is 0 Å². The highest BCUT2D eigenvalue weighted by Gasteiger charge is 2.22. The highest BCUT2D eigenvalue weighted by atomic mass is 35.5. The lowest BCUT2D eigenvalue weighted by molar-refractivity contribution is -0.114. The molecule has 0 radical (unpaired) electrons. The van der Waals surface area contributed by atoms with Crippen LogP contribution in [0, 0.1) is 5.82 Å². The number of nitrogens with one attached hydrogen (secondary N) is 1. The van der Waals surface area contributed by atoms with E-state index in [0.717, 1.165) is 16.6 Å². The van der Waals surface area contributed by atoms with Gasteiger partial charge in [0.15, 0.2) is 0 Å². The molecule has 1 N–H and O–H groups in total. The Kier molecular flexibility index (Phi) is 6.33. The van der Waals surface area contributed by atoms with Crippen molar-refractivity contribution in [3.8, 4) is 5.75 Å². The average molecular weight is 421 g/mol. The van der Waals surface area contributed by atoms with Gasteiger partial charge in [0, 0.05) is 5.69 Å². The third kappa shape index (κ3) is 5.00. The second kappa shape index (κ2) is 8.11. The number of carbonyl (C=O) groups excluding carboxylic acids is 1. The monoisotopic (exact) mass is 420 g/mol. The maximum Gasteiger partial charge on any atom is 0.245 e. The molecule has 140 valence electrons. The smallest absolute Gasteiger partial charge is 0.245 e. The number of hydrogen-bond acceptors (Lipinski definition) is 4. The van der Waals surface area contributed by atoms with Gasteiger partial charge in [-0.15, -0.1) is 0 Å². The number of benzene rings is 2. The summed E-state index contributed by atoms with van der Waals surface area (Å²) >= 11 is 11.7. The van der Waals surface area contributed by atoms with Gasteiger partial charge in [-0.05, 0) is 36.4 Å². The molecule has 0 aliphatic rings. The molecule has 0 bridgehead atoms. The van der Waals surface area contributed by atoms with E-state index >= 15 is 0 Å². The number of anilines is 2. The van der Waals surface area contributed by atoms with Gasteiger partial charge in [0.25, 0.3) is 0 Å². The highest BCUT2D eigenvalue weighted by Crippen LogP contribution is 2.30. The number of sulfonamides is 1. The molecule has 0 atom stereocenters. The zero-order valence-corrected chi connectivity index (χ0v) is 16.1. The van der Waals surface area contributed by atoms with Crippen LogP contribution in [0.3, 0.4) is 0 Å². The van der Waals surface area contributed by atoms with Crippen LogP contribution in [0.4, 0.5) is 15.8 Å². The van der Waals surface area contributed by atoms with Gasteiger partial charge in [-0.1, -0.05) is 23.2 Å². The van der Waals surface area contributed by atoms with E-state index in [1.165, 1.54) is 37.4 Å². The Balaban J connectivity index is 2.24. The maximum absolute atomic E-state index is 13.2. The molecule has 0 fully saturated rings. The summed E-state index contributed by atoms with van der Waals surface area (Å²) in [6.45, 7) is -0.503. The summed E-state index contributed by atoms with van der Waals surface area (Å²) in [6.07, 6.45) is 0.965. The molecule has 0 saturated heterocycles. The molecule has 0 heterocycles. The molecular weight excluding hydrogens is 406 g/mol. The van der Waals surface area contributed by atoms with Gasteiger partial charge in [0.05, 0.1) is 29.1 Å². The Morgan fingerprint density at radius 3 is 2.42 bits per heavy atom. The highest BCUT2D eigenvalue weighted by molar-refractivity contribution is 7.92. The fraction of sp³-hybridized carbons (Fsp3) is 0.188. The van der Waals surface area contributed by atoms with Gasteiger partial charge >= 0.3 is 0 Å². The van der Waals surface area contributed by atoms with Gasteiger partial charge < -0.3 is 10.1 Å². The number of nitrogens with zero attached hydrogens (tertiary/aromatic N) is 1. The molecule has 2 aromatic rings. The van der Waals surface area contributed by atoms with Crippen molar-refractivity contribution in [3.05, 3.63) is 52.3 Å². The van der Waals surface area contributed by atoms with Gasteiger partial charge in [-0.3, -0.25) is 9.10 Å². The molecule has 0 unspecified atom stereocenters. The van der Waals surface area contributed by atoms with Crippen LogP contribution >= 0.6 is 23.2 Å². The van der Waals surface area contributed by atoms with Crippen LogP contribution in [-0.2, 0) is 14.8 Å². The average Bonchev–Trinajstić information content (AvgIpc) is 2.55. The quantitative estimate of drug-likeness (QED) is 0.774.